The first kappa shape index (κ1) is 44.0. The number of carbonyl (C=O) groups is 1. The van der Waals surface area contributed by atoms with E-state index in [1.54, 1.807) is 72.7 Å². The van der Waals surface area contributed by atoms with Crippen LogP contribution in [0.2, 0.25) is 0 Å². The summed E-state index contributed by atoms with van der Waals surface area (Å²) in [6.45, 7) is 10.9. The molecule has 1 N–H and O–H groups in total. The van der Waals surface area contributed by atoms with Crippen LogP contribution < -0.4 is 16.2 Å². The van der Waals surface area contributed by atoms with E-state index in [2.05, 4.69) is 53.6 Å². The number of thiol groups is 1. The lowest BCUT2D eigenvalue weighted by molar-refractivity contribution is -0.853. The summed E-state index contributed by atoms with van der Waals surface area (Å²) in [5.41, 5.74) is 4.24. The normalized spacial score (nSPS) is 20.8. The third kappa shape index (κ3) is 6.83. The predicted octanol–water partition coefficient (Wildman–Crippen LogP) is 7.32. The average Bonchev–Trinajstić information content (AvgIpc) is 3.79. The Kier molecular flexibility index (Phi) is 10.2. The number of halogens is 2. The molecule has 3 aromatic carbocycles. The topological polar surface area (TPSA) is 147 Å². The standard InChI is InChI=1S/C50H52F2N10O5S/c1-27-19-33(20-28(2)41(27)51)62-45(60-17-16-59(48(60)65)39-13-12-38-34(42(39)52)25-53-56(38)6)35-26-58(15-8-9-36(35)55-62)46(63)40-22-32-21-30(31-14-18-66-49(4,5)24-31)10-11-37(32)61(40)50(23-29(50)3)43(68)44-54-47(64)67-57(44)7/h10-13,16-17,19-22,25,29,31,43,68H,8-9,14-15,18,23-24,26H2,1-7H3/p+1/t29-,31-,43?,50-/m0/s1. The number of carbonyl (C=O) groups excluding carboxylic acids is 1. The number of fused-ring (bicyclic) bond motifs is 3. The number of rotatable bonds is 8. The summed E-state index contributed by atoms with van der Waals surface area (Å²) in [5.74, 6) is -0.580. The first-order chi connectivity index (χ1) is 32.5. The van der Waals surface area contributed by atoms with Gasteiger partial charge in [0.15, 0.2) is 5.82 Å². The lowest BCUT2D eigenvalue weighted by atomic mass is 9.83. The van der Waals surface area contributed by atoms with Crippen LogP contribution in [0.1, 0.15) is 102 Å². The van der Waals surface area contributed by atoms with Crippen LogP contribution in [0.4, 0.5) is 8.78 Å². The zero-order chi connectivity index (χ0) is 47.7. The number of ether oxygens (including phenoxy) is 1. The van der Waals surface area contributed by atoms with E-state index in [9.17, 15) is 9.59 Å². The molecule has 8 aromatic rings. The number of H-pyrrole nitrogens is 1. The number of aromatic amines is 1. The number of benzene rings is 3. The zero-order valence-corrected chi connectivity index (χ0v) is 39.9. The van der Waals surface area contributed by atoms with Gasteiger partial charge in [-0.15, -0.1) is 0 Å². The molecule has 352 valence electrons. The molecule has 3 aliphatic rings. The van der Waals surface area contributed by atoms with Gasteiger partial charge in [0.2, 0.25) is 0 Å². The second-order valence-electron chi connectivity index (χ2n) is 19.7. The van der Waals surface area contributed by atoms with Crippen molar-refractivity contribution in [1.29, 1.82) is 0 Å². The van der Waals surface area contributed by atoms with Crippen molar-refractivity contribution in [3.05, 3.63) is 139 Å². The molecule has 15 nitrogen and oxygen atoms in total. The van der Waals surface area contributed by atoms with Gasteiger partial charge in [-0.25, -0.2) is 22.8 Å². The molecule has 2 fully saturated rings. The van der Waals surface area contributed by atoms with Gasteiger partial charge in [-0.1, -0.05) is 17.7 Å². The molecule has 18 heteroatoms. The summed E-state index contributed by atoms with van der Waals surface area (Å²) in [5, 5.41) is 9.93. The number of nitrogens with one attached hydrogen (secondary N) is 1. The Labute approximate surface area is 394 Å². The van der Waals surface area contributed by atoms with E-state index in [1.807, 2.05) is 6.07 Å². The third-order valence-electron chi connectivity index (χ3n) is 14.8. The summed E-state index contributed by atoms with van der Waals surface area (Å²) in [6, 6.07) is 15.1. The van der Waals surface area contributed by atoms with Gasteiger partial charge >= 0.3 is 17.3 Å². The van der Waals surface area contributed by atoms with Crippen molar-refractivity contribution in [3.63, 3.8) is 0 Å². The van der Waals surface area contributed by atoms with Crippen molar-refractivity contribution >= 4 is 40.3 Å². The number of amides is 1. The van der Waals surface area contributed by atoms with Gasteiger partial charge in [0.25, 0.3) is 5.91 Å². The van der Waals surface area contributed by atoms with Crippen LogP contribution >= 0.6 is 12.6 Å². The second kappa shape index (κ2) is 15.8. The molecule has 1 saturated carbocycles. The molecule has 2 aliphatic heterocycles. The highest BCUT2D eigenvalue weighted by Crippen LogP contribution is 2.61. The number of aryl methyl sites for hydroxylation is 5. The fourth-order valence-electron chi connectivity index (χ4n) is 11.2. The molecule has 7 heterocycles. The monoisotopic (exact) mass is 943 g/mol. The minimum Gasteiger partial charge on any atom is -0.376 e. The van der Waals surface area contributed by atoms with E-state index >= 15 is 13.6 Å². The highest BCUT2D eigenvalue weighted by Gasteiger charge is 2.62. The molecule has 4 atom stereocenters. The number of hydrogen-bond acceptors (Lipinski definition) is 8. The van der Waals surface area contributed by atoms with Crippen LogP contribution in [-0.4, -0.2) is 67.8 Å². The highest BCUT2D eigenvalue weighted by atomic mass is 32.1. The van der Waals surface area contributed by atoms with Crippen LogP contribution in [0.15, 0.2) is 81.2 Å². The van der Waals surface area contributed by atoms with Crippen LogP contribution in [0.3, 0.4) is 0 Å². The fourth-order valence-corrected chi connectivity index (χ4v) is 11.9. The minimum absolute atomic E-state index is 0.0482. The van der Waals surface area contributed by atoms with Gasteiger partial charge in [0.1, 0.15) is 29.6 Å². The second-order valence-corrected chi connectivity index (χ2v) is 20.2. The van der Waals surface area contributed by atoms with Gasteiger partial charge in [-0.05, 0) is 131 Å². The van der Waals surface area contributed by atoms with Crippen molar-refractivity contribution in [2.24, 2.45) is 20.0 Å². The molecular weight excluding hydrogens is 891 g/mol. The lowest BCUT2D eigenvalue weighted by Crippen LogP contribution is -2.39. The molecule has 0 bridgehead atoms. The Morgan fingerprint density at radius 3 is 2.44 bits per heavy atom. The number of nitrogens with zero attached hydrogens (tertiary/aromatic N) is 9. The van der Waals surface area contributed by atoms with E-state index in [0.29, 0.717) is 83.3 Å². The van der Waals surface area contributed by atoms with Crippen LogP contribution in [0.25, 0.3) is 39.0 Å². The number of imidazole rings is 1. The zero-order valence-electron chi connectivity index (χ0n) is 39.0. The summed E-state index contributed by atoms with van der Waals surface area (Å²) < 4.78 is 52.2. The molecule has 5 aromatic heterocycles. The molecule has 0 spiro atoms. The maximum Gasteiger partial charge on any atom is 0.547 e. The molecular formula is C50H53F2N10O5S+. The molecule has 11 rings (SSSR count). The van der Waals surface area contributed by atoms with Crippen molar-refractivity contribution in [3.8, 4) is 17.2 Å². The maximum atomic E-state index is 16.2. The Hall–Kier alpha value is -6.53. The first-order valence-electron chi connectivity index (χ1n) is 23.1. The summed E-state index contributed by atoms with van der Waals surface area (Å²) in [6.07, 6.45) is 7.99. The third-order valence-corrected chi connectivity index (χ3v) is 15.5. The summed E-state index contributed by atoms with van der Waals surface area (Å²) in [4.78, 5) is 47.6. The summed E-state index contributed by atoms with van der Waals surface area (Å²) in [7, 11) is 3.38. The van der Waals surface area contributed by atoms with Crippen molar-refractivity contribution in [2.45, 2.75) is 95.6 Å². The van der Waals surface area contributed by atoms with Gasteiger partial charge in [0, 0.05) is 49.1 Å². The molecule has 68 heavy (non-hydrogen) atoms. The SMILES string of the molecule is Cc1cc(-n2nc3c(c2-n2ccn(-c4ccc5c(cnn5C)c4F)c2=O)CN(C(=O)c2cc4cc([C@H]5CCOC(C)(C)C5)ccc4n2[C@@]2(C(S)c4[nH]c(=O)o[n+]4C)C[C@@H]2C)CCC3)cc(C)c1F. The Bertz CT molecular complexity index is 3480. The van der Waals surface area contributed by atoms with E-state index in [0.717, 1.165) is 23.7 Å². The van der Waals surface area contributed by atoms with E-state index in [1.165, 1.54) is 31.8 Å². The highest BCUT2D eigenvalue weighted by molar-refractivity contribution is 7.80. The van der Waals surface area contributed by atoms with Crippen LogP contribution in [-0.2, 0) is 37.3 Å². The minimum atomic E-state index is -0.724. The van der Waals surface area contributed by atoms with E-state index in [4.69, 9.17) is 27.0 Å². The van der Waals surface area contributed by atoms with Crippen LogP contribution in [0.5, 0.6) is 0 Å². The largest absolute Gasteiger partial charge is 0.547 e. The predicted molar refractivity (Wildman–Crippen MR) is 253 cm³/mol. The Balaban J connectivity index is 1.06. The van der Waals surface area contributed by atoms with E-state index < -0.39 is 28.1 Å². The number of aromatic nitrogens is 9. The van der Waals surface area contributed by atoms with Crippen molar-refractivity contribution in [2.75, 3.05) is 13.2 Å². The molecule has 0 radical (unpaired) electrons. The maximum absolute atomic E-state index is 16.2. The summed E-state index contributed by atoms with van der Waals surface area (Å²) >= 11 is 5.20. The van der Waals surface area contributed by atoms with Gasteiger partial charge in [-0.2, -0.15) is 32.6 Å². The molecule has 1 amide bonds. The van der Waals surface area contributed by atoms with Gasteiger partial charge in [-0.3, -0.25) is 18.6 Å². The average molecular weight is 944 g/mol. The molecule has 1 saturated heterocycles. The Morgan fingerprint density at radius 2 is 1.74 bits per heavy atom. The first-order valence-corrected chi connectivity index (χ1v) is 23.6. The van der Waals surface area contributed by atoms with Gasteiger partial charge in [0.05, 0.1) is 51.9 Å². The molecule has 1 unspecified atom stereocenters. The fraction of sp³-hybridized carbons (Fsp3) is 0.400. The quantitative estimate of drug-likeness (QED) is 0.120. The lowest BCUT2D eigenvalue weighted by Gasteiger charge is -2.35. The van der Waals surface area contributed by atoms with Crippen molar-refractivity contribution in [1.82, 2.24) is 43.1 Å². The van der Waals surface area contributed by atoms with E-state index in [-0.39, 0.29) is 46.8 Å². The van der Waals surface area contributed by atoms with Crippen LogP contribution in [0, 0.1) is 31.4 Å². The number of hydrogen-bond donors (Lipinski definition) is 2. The molecule has 1 aliphatic carbocycles. The van der Waals surface area contributed by atoms with Gasteiger partial charge < -0.3 is 14.2 Å². The smallest absolute Gasteiger partial charge is 0.376 e. The Morgan fingerprint density at radius 1 is 1.00 bits per heavy atom. The van der Waals surface area contributed by atoms with Crippen molar-refractivity contribution < 1.29 is 27.6 Å².